The summed E-state index contributed by atoms with van der Waals surface area (Å²) in [6.07, 6.45) is 1.14. The van der Waals surface area contributed by atoms with Crippen molar-refractivity contribution in [3.63, 3.8) is 0 Å². The molecular weight excluding hydrogens is 236 g/mol. The number of hydrogen-bond acceptors (Lipinski definition) is 2. The second-order valence-corrected chi connectivity index (χ2v) is 4.69. The third-order valence-electron chi connectivity index (χ3n) is 3.34. The highest BCUT2D eigenvalue weighted by molar-refractivity contribution is 5.19. The van der Waals surface area contributed by atoms with Crippen molar-refractivity contribution < 1.29 is 13.5 Å². The van der Waals surface area contributed by atoms with E-state index in [2.05, 4.69) is 0 Å². The van der Waals surface area contributed by atoms with Crippen LogP contribution in [0.3, 0.4) is 0 Å². The van der Waals surface area contributed by atoms with Gasteiger partial charge in [-0.2, -0.15) is 0 Å². The molecular formula is C14H21F2NO. The van der Waals surface area contributed by atoms with Crippen LogP contribution < -0.4 is 5.73 Å². The van der Waals surface area contributed by atoms with Gasteiger partial charge in [-0.15, -0.1) is 0 Å². The summed E-state index contributed by atoms with van der Waals surface area (Å²) >= 11 is 0. The van der Waals surface area contributed by atoms with E-state index in [-0.39, 0.29) is 6.04 Å². The molecule has 0 saturated carbocycles. The fourth-order valence-corrected chi connectivity index (χ4v) is 2.00. The number of rotatable bonds is 6. The lowest BCUT2D eigenvalue weighted by molar-refractivity contribution is -0.0461. The maximum absolute atomic E-state index is 13.1. The Morgan fingerprint density at radius 2 is 1.78 bits per heavy atom. The Kier molecular flexibility index (Phi) is 5.23. The maximum atomic E-state index is 13.1. The number of hydrogen-bond donors (Lipinski definition) is 1. The van der Waals surface area contributed by atoms with E-state index in [1.165, 1.54) is 12.1 Å². The van der Waals surface area contributed by atoms with E-state index in [4.69, 9.17) is 10.5 Å². The summed E-state index contributed by atoms with van der Waals surface area (Å²) in [5, 5.41) is 0. The minimum atomic E-state index is -0.577. The first-order chi connectivity index (χ1) is 8.41. The van der Waals surface area contributed by atoms with Gasteiger partial charge in [0.05, 0.1) is 5.60 Å². The van der Waals surface area contributed by atoms with Gasteiger partial charge >= 0.3 is 0 Å². The van der Waals surface area contributed by atoms with Gasteiger partial charge in [-0.1, -0.05) is 6.92 Å². The van der Waals surface area contributed by atoms with Crippen LogP contribution >= 0.6 is 0 Å². The minimum Gasteiger partial charge on any atom is -0.374 e. The van der Waals surface area contributed by atoms with Crippen molar-refractivity contribution in [3.8, 4) is 0 Å². The van der Waals surface area contributed by atoms with Gasteiger partial charge in [-0.25, -0.2) is 8.78 Å². The van der Waals surface area contributed by atoms with Crippen molar-refractivity contribution in [2.75, 3.05) is 6.61 Å². The van der Waals surface area contributed by atoms with Crippen LogP contribution in [0.15, 0.2) is 18.2 Å². The fourth-order valence-electron chi connectivity index (χ4n) is 2.00. The van der Waals surface area contributed by atoms with Crippen LogP contribution in [0, 0.1) is 11.6 Å². The summed E-state index contributed by atoms with van der Waals surface area (Å²) in [6.45, 7) is 6.39. The molecule has 2 unspecified atom stereocenters. The predicted molar refractivity (Wildman–Crippen MR) is 68.4 cm³/mol. The zero-order valence-electron chi connectivity index (χ0n) is 11.2. The molecule has 0 spiro atoms. The molecule has 0 aromatic heterocycles. The Labute approximate surface area is 107 Å². The molecule has 2 atom stereocenters. The molecule has 0 amide bonds. The number of benzene rings is 1. The normalized spacial score (nSPS) is 16.3. The van der Waals surface area contributed by atoms with Gasteiger partial charge in [0.25, 0.3) is 0 Å². The highest BCUT2D eigenvalue weighted by Crippen LogP contribution is 2.22. The zero-order chi connectivity index (χ0) is 13.8. The van der Waals surface area contributed by atoms with Crippen molar-refractivity contribution in [1.82, 2.24) is 0 Å². The van der Waals surface area contributed by atoms with E-state index < -0.39 is 17.2 Å². The van der Waals surface area contributed by atoms with Crippen molar-refractivity contribution >= 4 is 0 Å². The summed E-state index contributed by atoms with van der Waals surface area (Å²) in [4.78, 5) is 0. The van der Waals surface area contributed by atoms with Crippen LogP contribution in [-0.4, -0.2) is 18.2 Å². The van der Waals surface area contributed by atoms with Gasteiger partial charge in [0.1, 0.15) is 11.6 Å². The Balaban J connectivity index is 2.82. The number of ether oxygens (including phenoxy) is 1. The molecule has 0 aliphatic heterocycles. The van der Waals surface area contributed by atoms with Gasteiger partial charge < -0.3 is 10.5 Å². The molecule has 0 bridgehead atoms. The lowest BCUT2D eigenvalue weighted by Crippen LogP contribution is -2.48. The first kappa shape index (κ1) is 15.1. The maximum Gasteiger partial charge on any atom is 0.126 e. The minimum absolute atomic E-state index is 0.302. The van der Waals surface area contributed by atoms with Crippen LogP contribution in [0.2, 0.25) is 0 Å². The Morgan fingerprint density at radius 1 is 1.22 bits per heavy atom. The zero-order valence-corrected chi connectivity index (χ0v) is 11.2. The molecule has 0 aliphatic rings. The summed E-state index contributed by atoms with van der Waals surface area (Å²) in [5.41, 5.74) is 6.19. The van der Waals surface area contributed by atoms with E-state index >= 15 is 0 Å². The quantitative estimate of drug-likeness (QED) is 0.850. The van der Waals surface area contributed by atoms with E-state index in [0.29, 0.717) is 18.6 Å². The molecule has 1 aromatic carbocycles. The molecule has 1 aromatic rings. The average Bonchev–Trinajstić information content (AvgIpc) is 2.27. The fraction of sp³-hybridized carbons (Fsp3) is 0.571. The van der Waals surface area contributed by atoms with Crippen LogP contribution in [0.5, 0.6) is 0 Å². The van der Waals surface area contributed by atoms with Crippen LogP contribution in [0.25, 0.3) is 0 Å². The van der Waals surface area contributed by atoms with Gasteiger partial charge in [-0.05, 0) is 44.4 Å². The molecule has 2 nitrogen and oxygen atoms in total. The first-order valence-corrected chi connectivity index (χ1v) is 6.25. The smallest absolute Gasteiger partial charge is 0.126 e. The van der Waals surface area contributed by atoms with E-state index in [0.717, 1.165) is 12.5 Å². The van der Waals surface area contributed by atoms with Crippen molar-refractivity contribution in [2.24, 2.45) is 5.73 Å². The third kappa shape index (κ3) is 3.75. The Bertz CT molecular complexity index is 377. The molecule has 18 heavy (non-hydrogen) atoms. The highest BCUT2D eigenvalue weighted by Gasteiger charge is 2.30. The number of halogens is 2. The van der Waals surface area contributed by atoms with E-state index in [9.17, 15) is 8.78 Å². The van der Waals surface area contributed by atoms with Gasteiger partial charge in [-0.3, -0.25) is 0 Å². The topological polar surface area (TPSA) is 35.2 Å². The van der Waals surface area contributed by atoms with Crippen molar-refractivity contribution in [3.05, 3.63) is 35.4 Å². The molecule has 1 rings (SSSR count). The Morgan fingerprint density at radius 3 is 2.22 bits per heavy atom. The van der Waals surface area contributed by atoms with Crippen LogP contribution in [0.1, 0.15) is 32.8 Å². The monoisotopic (exact) mass is 257 g/mol. The molecule has 2 N–H and O–H groups in total. The van der Waals surface area contributed by atoms with Crippen molar-refractivity contribution in [1.29, 1.82) is 0 Å². The third-order valence-corrected chi connectivity index (χ3v) is 3.34. The summed E-state index contributed by atoms with van der Waals surface area (Å²) < 4.78 is 31.8. The van der Waals surface area contributed by atoms with Gasteiger partial charge in [0.15, 0.2) is 0 Å². The van der Waals surface area contributed by atoms with Gasteiger partial charge in [0, 0.05) is 18.7 Å². The van der Waals surface area contributed by atoms with Crippen LogP contribution in [0.4, 0.5) is 8.78 Å². The second-order valence-electron chi connectivity index (χ2n) is 4.69. The lowest BCUT2D eigenvalue weighted by Gasteiger charge is -2.34. The molecule has 0 fully saturated rings. The molecule has 4 heteroatoms. The SMILES string of the molecule is CCOC(C)(CC)C(N)Cc1cc(F)cc(F)c1. The molecule has 0 heterocycles. The van der Waals surface area contributed by atoms with E-state index in [1.807, 2.05) is 20.8 Å². The molecule has 102 valence electrons. The summed E-state index contributed by atoms with van der Waals surface area (Å²) in [5.74, 6) is -1.15. The highest BCUT2D eigenvalue weighted by atomic mass is 19.1. The summed E-state index contributed by atoms with van der Waals surface area (Å²) in [6, 6.07) is 3.18. The average molecular weight is 257 g/mol. The predicted octanol–water partition coefficient (Wildman–Crippen LogP) is 3.04. The van der Waals surface area contributed by atoms with Gasteiger partial charge in [0.2, 0.25) is 0 Å². The Hall–Kier alpha value is -1.00. The largest absolute Gasteiger partial charge is 0.374 e. The standard InChI is InChI=1S/C14H21F2NO/c1-4-14(3,18-5-2)13(17)8-10-6-11(15)9-12(16)7-10/h6-7,9,13H,4-5,8,17H2,1-3H3. The van der Waals surface area contributed by atoms with Crippen molar-refractivity contribution in [2.45, 2.75) is 45.3 Å². The first-order valence-electron chi connectivity index (χ1n) is 6.25. The molecule has 0 saturated heterocycles. The van der Waals surface area contributed by atoms with Crippen LogP contribution in [-0.2, 0) is 11.2 Å². The van der Waals surface area contributed by atoms with E-state index in [1.54, 1.807) is 0 Å². The second kappa shape index (κ2) is 6.25. The summed E-state index contributed by atoms with van der Waals surface area (Å²) in [7, 11) is 0. The number of nitrogens with two attached hydrogens (primary N) is 1. The lowest BCUT2D eigenvalue weighted by atomic mass is 9.89. The molecule has 0 aliphatic carbocycles. The molecule has 0 radical (unpaired) electrons.